The van der Waals surface area contributed by atoms with Gasteiger partial charge in [0.1, 0.15) is 17.3 Å². The third-order valence-electron chi connectivity index (χ3n) is 4.36. The molecule has 1 fully saturated rings. The highest BCUT2D eigenvalue weighted by molar-refractivity contribution is 5.93. The van der Waals surface area contributed by atoms with E-state index in [1.165, 1.54) is 0 Å². The molecule has 2 heterocycles. The van der Waals surface area contributed by atoms with E-state index >= 15 is 0 Å². The van der Waals surface area contributed by atoms with Gasteiger partial charge in [-0.25, -0.2) is 9.97 Å². The van der Waals surface area contributed by atoms with Gasteiger partial charge in [-0.1, -0.05) is 18.2 Å². The molecule has 0 bridgehead atoms. The zero-order chi connectivity index (χ0) is 18.4. The summed E-state index contributed by atoms with van der Waals surface area (Å²) in [6.45, 7) is 6.54. The number of aromatic nitrogens is 2. The van der Waals surface area contributed by atoms with Crippen LogP contribution in [0.3, 0.4) is 0 Å². The van der Waals surface area contributed by atoms with Gasteiger partial charge in [0.15, 0.2) is 0 Å². The molecule has 1 amide bonds. The highest BCUT2D eigenvalue weighted by Gasteiger charge is 2.14. The largest absolute Gasteiger partial charge is 0.379 e. The Morgan fingerprint density at radius 1 is 1.23 bits per heavy atom. The van der Waals surface area contributed by atoms with Gasteiger partial charge >= 0.3 is 0 Å². The summed E-state index contributed by atoms with van der Waals surface area (Å²) < 4.78 is 5.33. The Hall–Kier alpha value is -2.51. The van der Waals surface area contributed by atoms with Gasteiger partial charge in [0.25, 0.3) is 5.91 Å². The van der Waals surface area contributed by atoms with Crippen LogP contribution in [0.1, 0.15) is 16.3 Å². The molecular formula is C19H25N5O2. The van der Waals surface area contributed by atoms with Gasteiger partial charge in [0.05, 0.1) is 13.2 Å². The van der Waals surface area contributed by atoms with Crippen molar-refractivity contribution in [2.45, 2.75) is 6.92 Å². The summed E-state index contributed by atoms with van der Waals surface area (Å²) in [5.74, 6) is 1.09. The molecule has 2 aromatic rings. The molecular weight excluding hydrogens is 330 g/mol. The van der Waals surface area contributed by atoms with E-state index in [0.717, 1.165) is 38.5 Å². The predicted molar refractivity (Wildman–Crippen MR) is 101 cm³/mol. The van der Waals surface area contributed by atoms with Crippen LogP contribution in [0.15, 0.2) is 36.4 Å². The van der Waals surface area contributed by atoms with E-state index in [0.29, 0.717) is 23.9 Å². The Balaban J connectivity index is 1.63. The molecule has 0 saturated carbocycles. The fraction of sp³-hybridized carbons (Fsp3) is 0.421. The highest BCUT2D eigenvalue weighted by atomic mass is 16.5. The monoisotopic (exact) mass is 355 g/mol. The van der Waals surface area contributed by atoms with E-state index in [1.807, 2.05) is 42.3 Å². The molecule has 1 aromatic heterocycles. The maximum absolute atomic E-state index is 12.5. The normalized spacial score (nSPS) is 14.8. The Bertz CT molecular complexity index is 732. The lowest BCUT2D eigenvalue weighted by atomic mass is 10.3. The number of ether oxygens (including phenoxy) is 1. The van der Waals surface area contributed by atoms with E-state index in [2.05, 4.69) is 20.2 Å². The van der Waals surface area contributed by atoms with Crippen molar-refractivity contribution in [2.24, 2.45) is 0 Å². The van der Waals surface area contributed by atoms with E-state index in [1.54, 1.807) is 13.0 Å². The minimum absolute atomic E-state index is 0.175. The molecule has 1 aliphatic rings. The summed E-state index contributed by atoms with van der Waals surface area (Å²) in [4.78, 5) is 25.5. The Kier molecular flexibility index (Phi) is 6.14. The number of anilines is 2. The van der Waals surface area contributed by atoms with Gasteiger partial charge in [-0.05, 0) is 19.1 Å². The van der Waals surface area contributed by atoms with Gasteiger partial charge in [0, 0.05) is 45.0 Å². The molecule has 7 heteroatoms. The number of rotatable bonds is 6. The lowest BCUT2D eigenvalue weighted by Gasteiger charge is -2.26. The summed E-state index contributed by atoms with van der Waals surface area (Å²) in [5.41, 5.74) is 1.39. The van der Waals surface area contributed by atoms with E-state index in [9.17, 15) is 4.79 Å². The number of carbonyl (C=O) groups excluding carboxylic acids is 1. The Labute approximate surface area is 154 Å². The zero-order valence-electron chi connectivity index (χ0n) is 15.3. The van der Waals surface area contributed by atoms with Crippen LogP contribution in [0.2, 0.25) is 0 Å². The van der Waals surface area contributed by atoms with Gasteiger partial charge in [-0.2, -0.15) is 0 Å². The molecule has 0 atom stereocenters. The number of nitrogens with one attached hydrogen (secondary N) is 1. The maximum Gasteiger partial charge on any atom is 0.270 e. The smallest absolute Gasteiger partial charge is 0.270 e. The third-order valence-corrected chi connectivity index (χ3v) is 4.36. The van der Waals surface area contributed by atoms with Crippen LogP contribution < -0.4 is 10.2 Å². The average Bonchev–Trinajstić information content (AvgIpc) is 2.68. The first-order chi connectivity index (χ1) is 12.6. The number of carbonyl (C=O) groups is 1. The maximum atomic E-state index is 12.5. The van der Waals surface area contributed by atoms with Crippen molar-refractivity contribution in [1.29, 1.82) is 0 Å². The second kappa shape index (κ2) is 8.73. The Morgan fingerprint density at radius 2 is 1.96 bits per heavy atom. The van der Waals surface area contributed by atoms with Crippen LogP contribution >= 0.6 is 0 Å². The predicted octanol–water partition coefficient (Wildman–Crippen LogP) is 1.61. The van der Waals surface area contributed by atoms with Crippen molar-refractivity contribution >= 4 is 17.4 Å². The lowest BCUT2D eigenvalue weighted by molar-refractivity contribution is 0.0383. The molecule has 7 nitrogen and oxygen atoms in total. The molecule has 26 heavy (non-hydrogen) atoms. The van der Waals surface area contributed by atoms with Gasteiger partial charge in [0.2, 0.25) is 0 Å². The molecule has 0 aliphatic carbocycles. The number of aryl methyl sites for hydroxylation is 1. The molecule has 138 valence electrons. The summed E-state index contributed by atoms with van der Waals surface area (Å²) in [6.07, 6.45) is 0. The number of morpholine rings is 1. The van der Waals surface area contributed by atoms with Gasteiger partial charge in [-0.15, -0.1) is 0 Å². The molecule has 1 aromatic carbocycles. The van der Waals surface area contributed by atoms with Gasteiger partial charge < -0.3 is 15.0 Å². The van der Waals surface area contributed by atoms with E-state index in [4.69, 9.17) is 4.74 Å². The average molecular weight is 355 g/mol. The minimum Gasteiger partial charge on any atom is -0.379 e. The number of amides is 1. The molecule has 1 aliphatic heterocycles. The van der Waals surface area contributed by atoms with Crippen molar-refractivity contribution in [1.82, 2.24) is 20.2 Å². The van der Waals surface area contributed by atoms with Crippen LogP contribution in [0.25, 0.3) is 0 Å². The fourth-order valence-electron chi connectivity index (χ4n) is 2.87. The van der Waals surface area contributed by atoms with Crippen LogP contribution in [-0.2, 0) is 4.74 Å². The highest BCUT2D eigenvalue weighted by Crippen LogP contribution is 2.21. The topological polar surface area (TPSA) is 70.6 Å². The SMILES string of the molecule is Cc1nc(C(=O)NCCN2CCOCC2)cc(N(C)c2ccccc2)n1. The van der Waals surface area contributed by atoms with Crippen LogP contribution in [0.4, 0.5) is 11.5 Å². The summed E-state index contributed by atoms with van der Waals surface area (Å²) in [7, 11) is 1.93. The number of hydrogen-bond donors (Lipinski definition) is 1. The summed E-state index contributed by atoms with van der Waals surface area (Å²) in [5, 5.41) is 2.95. The van der Waals surface area contributed by atoms with Crippen LogP contribution in [0, 0.1) is 6.92 Å². The van der Waals surface area contributed by atoms with E-state index in [-0.39, 0.29) is 5.91 Å². The molecule has 3 rings (SSSR count). The fourth-order valence-corrected chi connectivity index (χ4v) is 2.87. The first-order valence-electron chi connectivity index (χ1n) is 8.86. The number of hydrogen-bond acceptors (Lipinski definition) is 6. The molecule has 1 N–H and O–H groups in total. The van der Waals surface area contributed by atoms with Crippen molar-refractivity contribution < 1.29 is 9.53 Å². The first kappa shape index (κ1) is 18.3. The number of nitrogens with zero attached hydrogens (tertiary/aromatic N) is 4. The minimum atomic E-state index is -0.175. The molecule has 0 spiro atoms. The van der Waals surface area contributed by atoms with Crippen molar-refractivity contribution in [3.05, 3.63) is 47.9 Å². The zero-order valence-corrected chi connectivity index (χ0v) is 15.3. The lowest BCUT2D eigenvalue weighted by Crippen LogP contribution is -2.41. The van der Waals surface area contributed by atoms with E-state index < -0.39 is 0 Å². The molecule has 0 radical (unpaired) electrons. The number of benzene rings is 1. The number of para-hydroxylation sites is 1. The standard InChI is InChI=1S/C19H25N5O2/c1-15-21-17(19(25)20-8-9-24-10-12-26-13-11-24)14-18(22-15)23(2)16-6-4-3-5-7-16/h3-7,14H,8-13H2,1-2H3,(H,20,25). The quantitative estimate of drug-likeness (QED) is 0.849. The third kappa shape index (κ3) is 4.77. The van der Waals surface area contributed by atoms with Crippen LogP contribution in [-0.4, -0.2) is 67.2 Å². The molecule has 1 saturated heterocycles. The van der Waals surface area contributed by atoms with Crippen molar-refractivity contribution in [3.63, 3.8) is 0 Å². The first-order valence-corrected chi connectivity index (χ1v) is 8.86. The van der Waals surface area contributed by atoms with Crippen LogP contribution in [0.5, 0.6) is 0 Å². The van der Waals surface area contributed by atoms with Crippen molar-refractivity contribution in [3.8, 4) is 0 Å². The second-order valence-corrected chi connectivity index (χ2v) is 6.26. The summed E-state index contributed by atoms with van der Waals surface area (Å²) >= 11 is 0. The van der Waals surface area contributed by atoms with Gasteiger partial charge in [-0.3, -0.25) is 9.69 Å². The van der Waals surface area contributed by atoms with Crippen molar-refractivity contribution in [2.75, 3.05) is 51.3 Å². The second-order valence-electron chi connectivity index (χ2n) is 6.26. The summed E-state index contributed by atoms with van der Waals surface area (Å²) in [6, 6.07) is 11.6. The Morgan fingerprint density at radius 3 is 2.69 bits per heavy atom. The molecule has 0 unspecified atom stereocenters.